The molecule has 3 aromatic rings. The van der Waals surface area contributed by atoms with Crippen LogP contribution in [0.3, 0.4) is 0 Å². The van der Waals surface area contributed by atoms with Gasteiger partial charge < -0.3 is 14.2 Å². The maximum atomic E-state index is 12.5. The first-order valence-electron chi connectivity index (χ1n) is 7.99. The van der Waals surface area contributed by atoms with Gasteiger partial charge in [-0.05, 0) is 39.7 Å². The number of esters is 1. The molecule has 1 atom stereocenters. The summed E-state index contributed by atoms with van der Waals surface area (Å²) < 4.78 is 10.5. The lowest BCUT2D eigenvalue weighted by atomic mass is 10.1. The SMILES string of the molecule is CCc1noc(C)c1C(=O)O[C@@H](C)c1nc2sc(C)c(C)c2c(=O)[nH]1. The molecule has 0 unspecified atom stereocenters. The van der Waals surface area contributed by atoms with E-state index in [4.69, 9.17) is 9.26 Å². The highest BCUT2D eigenvalue weighted by Gasteiger charge is 2.24. The molecule has 0 fully saturated rings. The predicted molar refractivity (Wildman–Crippen MR) is 94.2 cm³/mol. The quantitative estimate of drug-likeness (QED) is 0.715. The highest BCUT2D eigenvalue weighted by Crippen LogP contribution is 2.27. The van der Waals surface area contributed by atoms with Crippen molar-refractivity contribution in [1.82, 2.24) is 15.1 Å². The molecule has 0 saturated carbocycles. The number of aromatic nitrogens is 3. The van der Waals surface area contributed by atoms with E-state index in [0.717, 1.165) is 10.4 Å². The molecule has 0 spiro atoms. The molecular weight excluding hydrogens is 342 g/mol. The van der Waals surface area contributed by atoms with Crippen LogP contribution >= 0.6 is 11.3 Å². The molecule has 0 bridgehead atoms. The summed E-state index contributed by atoms with van der Waals surface area (Å²) in [6.45, 7) is 9.06. The van der Waals surface area contributed by atoms with Gasteiger partial charge in [0.1, 0.15) is 16.2 Å². The Bertz CT molecular complexity index is 1010. The van der Waals surface area contributed by atoms with Crippen LogP contribution in [0.25, 0.3) is 10.2 Å². The fourth-order valence-electron chi connectivity index (χ4n) is 2.66. The second-order valence-corrected chi connectivity index (χ2v) is 7.08. The van der Waals surface area contributed by atoms with Gasteiger partial charge in [0, 0.05) is 4.88 Å². The van der Waals surface area contributed by atoms with Gasteiger partial charge in [-0.3, -0.25) is 4.79 Å². The van der Waals surface area contributed by atoms with Crippen molar-refractivity contribution in [3.05, 3.63) is 43.6 Å². The van der Waals surface area contributed by atoms with E-state index in [1.165, 1.54) is 11.3 Å². The average Bonchev–Trinajstić information content (AvgIpc) is 3.07. The van der Waals surface area contributed by atoms with Crippen LogP contribution in [-0.4, -0.2) is 21.1 Å². The Morgan fingerprint density at radius 3 is 2.76 bits per heavy atom. The van der Waals surface area contributed by atoms with Gasteiger partial charge in [0.25, 0.3) is 5.56 Å². The lowest BCUT2D eigenvalue weighted by molar-refractivity contribution is 0.0317. The number of hydrogen-bond acceptors (Lipinski definition) is 7. The Balaban J connectivity index is 1.92. The van der Waals surface area contributed by atoms with Crippen molar-refractivity contribution in [3.63, 3.8) is 0 Å². The third-order valence-corrected chi connectivity index (χ3v) is 5.30. The lowest BCUT2D eigenvalue weighted by Crippen LogP contribution is -2.18. The largest absolute Gasteiger partial charge is 0.451 e. The smallest absolute Gasteiger partial charge is 0.344 e. The van der Waals surface area contributed by atoms with E-state index < -0.39 is 12.1 Å². The first-order chi connectivity index (χ1) is 11.8. The Morgan fingerprint density at radius 2 is 2.08 bits per heavy atom. The van der Waals surface area contributed by atoms with Gasteiger partial charge in [-0.1, -0.05) is 12.1 Å². The standard InChI is InChI=1S/C17H19N3O4S/c1-6-11-13(8(3)24-20-11)17(22)23-9(4)14-18-15(21)12-7(2)10(5)25-16(12)19-14/h9H,6H2,1-5H3,(H,18,19,21)/t9-/m0/s1. The second-order valence-electron chi connectivity index (χ2n) is 5.88. The monoisotopic (exact) mass is 361 g/mol. The van der Waals surface area contributed by atoms with Gasteiger partial charge in [-0.25, -0.2) is 9.78 Å². The zero-order valence-corrected chi connectivity index (χ0v) is 15.5. The minimum Gasteiger partial charge on any atom is -0.451 e. The van der Waals surface area contributed by atoms with Crippen LogP contribution in [0.15, 0.2) is 9.32 Å². The average molecular weight is 361 g/mol. The summed E-state index contributed by atoms with van der Waals surface area (Å²) in [5.74, 6) is 0.194. The molecule has 25 heavy (non-hydrogen) atoms. The first kappa shape index (κ1) is 17.3. The number of aryl methyl sites for hydroxylation is 4. The number of ether oxygens (including phenoxy) is 1. The zero-order valence-electron chi connectivity index (χ0n) is 14.7. The van der Waals surface area contributed by atoms with Crippen LogP contribution in [0.4, 0.5) is 0 Å². The fourth-order valence-corrected chi connectivity index (χ4v) is 3.70. The summed E-state index contributed by atoms with van der Waals surface area (Å²) in [4.78, 5) is 33.7. The number of rotatable bonds is 4. The summed E-state index contributed by atoms with van der Waals surface area (Å²) in [6, 6.07) is 0. The van der Waals surface area contributed by atoms with E-state index in [2.05, 4.69) is 15.1 Å². The molecular formula is C17H19N3O4S. The van der Waals surface area contributed by atoms with Gasteiger partial charge >= 0.3 is 5.97 Å². The molecule has 0 amide bonds. The van der Waals surface area contributed by atoms with E-state index in [1.54, 1.807) is 13.8 Å². The molecule has 0 aliphatic carbocycles. The van der Waals surface area contributed by atoms with Crippen LogP contribution in [0.1, 0.15) is 58.0 Å². The third-order valence-electron chi connectivity index (χ3n) is 4.20. The molecule has 8 heteroatoms. The van der Waals surface area contributed by atoms with E-state index in [-0.39, 0.29) is 5.56 Å². The first-order valence-corrected chi connectivity index (χ1v) is 8.81. The van der Waals surface area contributed by atoms with Crippen LogP contribution in [0, 0.1) is 20.8 Å². The number of H-pyrrole nitrogens is 1. The van der Waals surface area contributed by atoms with Crippen molar-refractivity contribution < 1.29 is 14.1 Å². The zero-order chi connectivity index (χ0) is 18.3. The van der Waals surface area contributed by atoms with Crippen LogP contribution < -0.4 is 5.56 Å². The van der Waals surface area contributed by atoms with E-state index >= 15 is 0 Å². The Morgan fingerprint density at radius 1 is 1.36 bits per heavy atom. The van der Waals surface area contributed by atoms with E-state index in [0.29, 0.717) is 39.5 Å². The number of nitrogens with one attached hydrogen (secondary N) is 1. The maximum Gasteiger partial charge on any atom is 0.344 e. The van der Waals surface area contributed by atoms with E-state index in [9.17, 15) is 9.59 Å². The van der Waals surface area contributed by atoms with Gasteiger partial charge in [0.15, 0.2) is 11.9 Å². The van der Waals surface area contributed by atoms with Crippen molar-refractivity contribution in [2.75, 3.05) is 0 Å². The minimum absolute atomic E-state index is 0.222. The summed E-state index contributed by atoms with van der Waals surface area (Å²) in [7, 11) is 0. The van der Waals surface area contributed by atoms with Crippen molar-refractivity contribution in [1.29, 1.82) is 0 Å². The fraction of sp³-hybridized carbons (Fsp3) is 0.412. The number of carbonyl (C=O) groups excluding carboxylic acids is 1. The van der Waals surface area contributed by atoms with Crippen molar-refractivity contribution in [2.45, 2.75) is 47.1 Å². The lowest BCUT2D eigenvalue weighted by Gasteiger charge is -2.12. The second kappa shape index (κ2) is 6.44. The molecule has 1 N–H and O–H groups in total. The van der Waals surface area contributed by atoms with Crippen LogP contribution in [0.2, 0.25) is 0 Å². The van der Waals surface area contributed by atoms with Gasteiger partial charge in [-0.2, -0.15) is 0 Å². The highest BCUT2D eigenvalue weighted by molar-refractivity contribution is 7.18. The van der Waals surface area contributed by atoms with Gasteiger partial charge in [0.05, 0.1) is 11.1 Å². The summed E-state index contributed by atoms with van der Waals surface area (Å²) in [5, 5.41) is 4.45. The number of hydrogen-bond donors (Lipinski definition) is 1. The van der Waals surface area contributed by atoms with Crippen molar-refractivity contribution in [2.24, 2.45) is 0 Å². The predicted octanol–water partition coefficient (Wildman–Crippen LogP) is 3.38. The number of carbonyl (C=O) groups is 1. The van der Waals surface area contributed by atoms with Crippen LogP contribution in [-0.2, 0) is 11.2 Å². The molecule has 0 saturated heterocycles. The number of aromatic amines is 1. The molecule has 3 heterocycles. The normalized spacial score (nSPS) is 12.5. The van der Waals surface area contributed by atoms with Gasteiger partial charge in [0.2, 0.25) is 0 Å². The Labute approximate surface area is 148 Å². The third kappa shape index (κ3) is 2.97. The molecule has 0 radical (unpaired) electrons. The summed E-state index contributed by atoms with van der Waals surface area (Å²) in [5.41, 5.74) is 1.59. The maximum absolute atomic E-state index is 12.5. The summed E-state index contributed by atoms with van der Waals surface area (Å²) in [6.07, 6.45) is -0.142. The number of nitrogens with zero attached hydrogens (tertiary/aromatic N) is 2. The molecule has 3 rings (SSSR count). The highest BCUT2D eigenvalue weighted by atomic mass is 32.1. The number of thiophene rings is 1. The minimum atomic E-state index is -0.702. The molecule has 0 aliphatic rings. The van der Waals surface area contributed by atoms with Crippen molar-refractivity contribution >= 4 is 27.5 Å². The molecule has 132 valence electrons. The van der Waals surface area contributed by atoms with Crippen molar-refractivity contribution in [3.8, 4) is 0 Å². The summed E-state index contributed by atoms with van der Waals surface area (Å²) >= 11 is 1.45. The Hall–Kier alpha value is -2.48. The Kier molecular flexibility index (Phi) is 4.47. The molecule has 3 aromatic heterocycles. The van der Waals surface area contributed by atoms with E-state index in [1.807, 2.05) is 20.8 Å². The van der Waals surface area contributed by atoms with Crippen LogP contribution in [0.5, 0.6) is 0 Å². The molecule has 0 aromatic carbocycles. The molecule has 0 aliphatic heterocycles. The molecule has 7 nitrogen and oxygen atoms in total. The topological polar surface area (TPSA) is 98.1 Å². The number of fused-ring (bicyclic) bond motifs is 1. The van der Waals surface area contributed by atoms with Gasteiger partial charge in [-0.15, -0.1) is 11.3 Å².